The number of carboxylic acids is 1. The Morgan fingerprint density at radius 3 is 2.40 bits per heavy atom. The van der Waals surface area contributed by atoms with Crippen LogP contribution in [0.3, 0.4) is 0 Å². The van der Waals surface area contributed by atoms with Crippen LogP contribution in [-0.4, -0.2) is 11.1 Å². The van der Waals surface area contributed by atoms with Crippen molar-refractivity contribution in [1.29, 1.82) is 0 Å². The van der Waals surface area contributed by atoms with E-state index >= 15 is 0 Å². The first-order valence-electron chi connectivity index (χ1n) is 11.3. The van der Waals surface area contributed by atoms with Gasteiger partial charge in [-0.15, -0.1) is 0 Å². The predicted molar refractivity (Wildman–Crippen MR) is 87.1 cm³/mol. The van der Waals surface area contributed by atoms with Gasteiger partial charge >= 0.3 is 5.97 Å². The predicted octanol–water partition coefficient (Wildman–Crippen LogP) is 6.11. The lowest BCUT2D eigenvalue weighted by atomic mass is 10.1. The Bertz CT molecular complexity index is 455. The third kappa shape index (κ3) is 17.2. The molecule has 2 heteroatoms. The van der Waals surface area contributed by atoms with Crippen LogP contribution in [0.15, 0.2) is 12.2 Å². The Hall–Kier alpha value is -0.790. The van der Waals surface area contributed by atoms with E-state index in [1.807, 2.05) is 13.0 Å². The maximum absolute atomic E-state index is 10.5. The molecule has 0 bridgehead atoms. The second kappa shape index (κ2) is 16.3. The summed E-state index contributed by atoms with van der Waals surface area (Å²) in [5.74, 6) is -1.11. The van der Waals surface area contributed by atoms with Crippen LogP contribution in [0, 0.1) is 0 Å². The van der Waals surface area contributed by atoms with Gasteiger partial charge in [0.2, 0.25) is 0 Å². The summed E-state index contributed by atoms with van der Waals surface area (Å²) < 4.78 is 54.8. The topological polar surface area (TPSA) is 37.3 Å². The molecule has 20 heavy (non-hydrogen) atoms. The van der Waals surface area contributed by atoms with E-state index in [9.17, 15) is 4.79 Å². The van der Waals surface area contributed by atoms with E-state index in [2.05, 4.69) is 0 Å². The maximum Gasteiger partial charge on any atom is 0.303 e. The van der Waals surface area contributed by atoms with E-state index in [0.717, 1.165) is 0 Å². The van der Waals surface area contributed by atoms with Gasteiger partial charge in [0.05, 0.1) is 0 Å². The molecule has 0 aromatic carbocycles. The lowest BCUT2D eigenvalue weighted by Crippen LogP contribution is -1.93. The van der Waals surface area contributed by atoms with Crippen molar-refractivity contribution in [3.63, 3.8) is 0 Å². The molecule has 118 valence electrons. The number of carboxylic acid groups (broad SMARTS) is 1. The van der Waals surface area contributed by atoms with Crippen LogP contribution in [0.5, 0.6) is 0 Å². The van der Waals surface area contributed by atoms with Gasteiger partial charge in [-0.3, -0.25) is 4.79 Å². The zero-order valence-corrected chi connectivity index (χ0v) is 12.6. The molecule has 0 rings (SSSR count). The molecule has 2 nitrogen and oxygen atoms in total. The molecule has 0 saturated heterocycles. The standard InChI is InChI=1S/C18H34O2/c1-2-3-4-5-6-7-8-9-10-11-12-13-14-15-16-17-18(19)20/h9-10H,2-8,11-17H2,1H3,(H,19,20)/b10-9-/i4D2,5D,6D2,12D,17D. The minimum atomic E-state index is -1.90. The summed E-state index contributed by atoms with van der Waals surface area (Å²) in [5.41, 5.74) is 0. The Labute approximate surface area is 135 Å². The average molecular weight is 290 g/mol. The molecule has 0 aliphatic carbocycles. The van der Waals surface area contributed by atoms with E-state index in [4.69, 9.17) is 14.7 Å². The lowest BCUT2D eigenvalue weighted by Gasteiger charge is -1.99. The first-order valence-corrected chi connectivity index (χ1v) is 7.58. The van der Waals surface area contributed by atoms with Crippen LogP contribution in [0.1, 0.15) is 106 Å². The molecule has 0 fully saturated rings. The second-order valence-corrected chi connectivity index (χ2v) is 4.66. The van der Waals surface area contributed by atoms with Crippen molar-refractivity contribution in [2.45, 2.75) is 96.6 Å². The zero-order valence-electron chi connectivity index (χ0n) is 19.6. The molecule has 0 aliphatic rings. The highest BCUT2D eigenvalue weighted by atomic mass is 16.4. The quantitative estimate of drug-likeness (QED) is 0.292. The Morgan fingerprint density at radius 1 is 0.950 bits per heavy atom. The highest BCUT2D eigenvalue weighted by Crippen LogP contribution is 2.09. The molecule has 3 unspecified atom stereocenters. The highest BCUT2D eigenvalue weighted by molar-refractivity contribution is 5.66. The molecule has 0 aromatic heterocycles. The minimum absolute atomic E-state index is 0.0731. The fraction of sp³-hybridized carbons (Fsp3) is 0.833. The van der Waals surface area contributed by atoms with Crippen molar-refractivity contribution in [3.05, 3.63) is 12.2 Å². The van der Waals surface area contributed by atoms with Crippen molar-refractivity contribution in [1.82, 2.24) is 0 Å². The van der Waals surface area contributed by atoms with Crippen molar-refractivity contribution >= 4 is 5.97 Å². The molecule has 0 saturated carbocycles. The average Bonchev–Trinajstić information content (AvgIpc) is 2.57. The first kappa shape index (κ1) is 10.0. The van der Waals surface area contributed by atoms with Crippen LogP contribution in [0.2, 0.25) is 0 Å². The summed E-state index contributed by atoms with van der Waals surface area (Å²) in [4.78, 5) is 10.5. The molecule has 0 aromatic rings. The molecule has 3 atom stereocenters. The summed E-state index contributed by atoms with van der Waals surface area (Å²) in [6.07, 6.45) is 1.02. The fourth-order valence-corrected chi connectivity index (χ4v) is 1.61. The Morgan fingerprint density at radius 2 is 1.65 bits per heavy atom. The van der Waals surface area contributed by atoms with Gasteiger partial charge in [0, 0.05) is 16.0 Å². The van der Waals surface area contributed by atoms with Gasteiger partial charge in [0.25, 0.3) is 0 Å². The number of allylic oxidation sites excluding steroid dienone is 2. The molecule has 0 spiro atoms. The van der Waals surface area contributed by atoms with Gasteiger partial charge in [-0.25, -0.2) is 0 Å². The highest BCUT2D eigenvalue weighted by Gasteiger charge is 1.95. The maximum atomic E-state index is 10.5. The first-order chi connectivity index (χ1) is 12.4. The molecular formula is C18H34O2. The third-order valence-corrected chi connectivity index (χ3v) is 2.70. The van der Waals surface area contributed by atoms with E-state index in [-0.39, 0.29) is 19.2 Å². The SMILES string of the molecule is [2H]C(C/C=C\CCC([2H])([2H])C([2H])C([2H])([2H])CCC)CCCCC([2H])C(=O)O. The summed E-state index contributed by atoms with van der Waals surface area (Å²) in [6, 6.07) is 0. The summed E-state index contributed by atoms with van der Waals surface area (Å²) in [5, 5.41) is 8.63. The van der Waals surface area contributed by atoms with Crippen LogP contribution < -0.4 is 0 Å². The number of aliphatic carboxylic acids is 1. The van der Waals surface area contributed by atoms with Gasteiger partial charge < -0.3 is 5.11 Å². The van der Waals surface area contributed by atoms with Crippen molar-refractivity contribution in [2.75, 3.05) is 0 Å². The fourth-order valence-electron chi connectivity index (χ4n) is 1.61. The lowest BCUT2D eigenvalue weighted by molar-refractivity contribution is -0.137. The molecule has 0 amide bonds. The second-order valence-electron chi connectivity index (χ2n) is 4.66. The smallest absolute Gasteiger partial charge is 0.303 e. The summed E-state index contributed by atoms with van der Waals surface area (Å²) in [7, 11) is 0. The number of rotatable bonds is 15. The van der Waals surface area contributed by atoms with E-state index < -0.39 is 31.5 Å². The molecule has 0 radical (unpaired) electrons. The van der Waals surface area contributed by atoms with Crippen molar-refractivity contribution in [2.24, 2.45) is 0 Å². The van der Waals surface area contributed by atoms with Crippen molar-refractivity contribution in [3.8, 4) is 0 Å². The third-order valence-electron chi connectivity index (χ3n) is 2.70. The largest absolute Gasteiger partial charge is 0.481 e. The monoisotopic (exact) mass is 289 g/mol. The van der Waals surface area contributed by atoms with Gasteiger partial charge in [-0.1, -0.05) is 70.3 Å². The Balaban J connectivity index is 4.09. The van der Waals surface area contributed by atoms with Gasteiger partial charge in [-0.2, -0.15) is 0 Å². The number of unbranched alkanes of at least 4 members (excludes halogenated alkanes) is 1. The molecule has 0 aliphatic heterocycles. The van der Waals surface area contributed by atoms with Gasteiger partial charge in [0.1, 0.15) is 0 Å². The molecular weight excluding hydrogens is 248 g/mol. The van der Waals surface area contributed by atoms with Crippen LogP contribution >= 0.6 is 0 Å². The van der Waals surface area contributed by atoms with Crippen LogP contribution in [0.4, 0.5) is 0 Å². The van der Waals surface area contributed by atoms with E-state index in [0.29, 0.717) is 44.9 Å². The number of hydrogen-bond donors (Lipinski definition) is 1. The minimum Gasteiger partial charge on any atom is -0.481 e. The summed E-state index contributed by atoms with van der Waals surface area (Å²) in [6.45, 7) is 1.82. The number of carbonyl (C=O) groups is 1. The van der Waals surface area contributed by atoms with E-state index in [1.54, 1.807) is 6.08 Å². The normalized spacial score (nSPS) is 22.6. The van der Waals surface area contributed by atoms with Gasteiger partial charge in [-0.05, 0) is 32.1 Å². The van der Waals surface area contributed by atoms with Gasteiger partial charge in [0.15, 0.2) is 0 Å². The zero-order chi connectivity index (χ0) is 21.1. The Kier molecular flexibility index (Phi) is 8.15. The molecule has 0 heterocycles. The van der Waals surface area contributed by atoms with Crippen molar-refractivity contribution < 1.29 is 19.5 Å². The molecule has 1 N–H and O–H groups in total. The van der Waals surface area contributed by atoms with E-state index in [1.165, 1.54) is 0 Å². The van der Waals surface area contributed by atoms with Crippen LogP contribution in [-0.2, 0) is 4.79 Å². The van der Waals surface area contributed by atoms with Crippen LogP contribution in [0.25, 0.3) is 0 Å². The number of hydrogen-bond acceptors (Lipinski definition) is 1. The summed E-state index contributed by atoms with van der Waals surface area (Å²) >= 11 is 0.